The molecule has 1 fully saturated rings. The van der Waals surface area contributed by atoms with Crippen molar-refractivity contribution < 1.29 is 8.42 Å². The summed E-state index contributed by atoms with van der Waals surface area (Å²) in [6.45, 7) is 2.91. The van der Waals surface area contributed by atoms with Gasteiger partial charge in [0.1, 0.15) is 0 Å². The van der Waals surface area contributed by atoms with Gasteiger partial charge >= 0.3 is 0 Å². The molecule has 1 heterocycles. The van der Waals surface area contributed by atoms with Crippen LogP contribution in [-0.2, 0) is 23.6 Å². The first-order valence-electron chi connectivity index (χ1n) is 7.74. The lowest BCUT2D eigenvalue weighted by Gasteiger charge is -2.15. The molecule has 0 amide bonds. The van der Waals surface area contributed by atoms with Crippen LogP contribution in [-0.4, -0.2) is 26.1 Å². The highest BCUT2D eigenvalue weighted by atomic mass is 32.2. The van der Waals surface area contributed by atoms with Crippen LogP contribution >= 0.6 is 0 Å². The van der Waals surface area contributed by atoms with E-state index in [1.165, 1.54) is 6.42 Å². The Balaban J connectivity index is 2.09. The molecule has 1 aliphatic rings. The third kappa shape index (κ3) is 4.31. The van der Waals surface area contributed by atoms with Gasteiger partial charge in [-0.1, -0.05) is 19.8 Å². The number of hydrogen-bond acceptors (Lipinski definition) is 3. The first-order chi connectivity index (χ1) is 9.92. The van der Waals surface area contributed by atoms with E-state index in [2.05, 4.69) is 17.0 Å². The first-order valence-corrected chi connectivity index (χ1v) is 9.23. The Bertz CT molecular complexity index is 565. The molecule has 1 aliphatic carbocycles. The lowest BCUT2D eigenvalue weighted by atomic mass is 10.0. The van der Waals surface area contributed by atoms with E-state index in [0.29, 0.717) is 17.4 Å². The maximum absolute atomic E-state index is 12.5. The SMILES string of the molecule is CNCc1cc(S(=O)(=O)NC2CCCC(C)CC2)cn1C. The number of aryl methyl sites for hydroxylation is 1. The molecular formula is C15H27N3O2S. The Kier molecular flexibility index (Phi) is 5.46. The molecule has 21 heavy (non-hydrogen) atoms. The van der Waals surface area contributed by atoms with Crippen molar-refractivity contribution in [1.82, 2.24) is 14.6 Å². The number of aromatic nitrogens is 1. The molecule has 0 aromatic carbocycles. The van der Waals surface area contributed by atoms with Crippen LogP contribution < -0.4 is 10.0 Å². The van der Waals surface area contributed by atoms with Gasteiger partial charge in [-0.15, -0.1) is 0 Å². The second-order valence-electron chi connectivity index (χ2n) is 6.24. The van der Waals surface area contributed by atoms with Gasteiger partial charge in [-0.25, -0.2) is 13.1 Å². The fourth-order valence-corrected chi connectivity index (χ4v) is 4.37. The molecule has 1 aromatic heterocycles. The minimum atomic E-state index is -3.41. The van der Waals surface area contributed by atoms with Crippen LogP contribution in [0.25, 0.3) is 0 Å². The van der Waals surface area contributed by atoms with Gasteiger partial charge in [0.2, 0.25) is 10.0 Å². The summed E-state index contributed by atoms with van der Waals surface area (Å²) < 4.78 is 29.8. The molecular weight excluding hydrogens is 286 g/mol. The number of sulfonamides is 1. The molecule has 2 N–H and O–H groups in total. The van der Waals surface area contributed by atoms with Crippen molar-refractivity contribution in [2.24, 2.45) is 13.0 Å². The Labute approximate surface area is 128 Å². The van der Waals surface area contributed by atoms with Gasteiger partial charge in [0.05, 0.1) is 4.90 Å². The van der Waals surface area contributed by atoms with Gasteiger partial charge in [0.25, 0.3) is 0 Å². The summed E-state index contributed by atoms with van der Waals surface area (Å²) in [5.41, 5.74) is 0.965. The minimum Gasteiger partial charge on any atom is -0.352 e. The summed E-state index contributed by atoms with van der Waals surface area (Å²) in [4.78, 5) is 0.368. The molecule has 1 aromatic rings. The molecule has 1 saturated carbocycles. The molecule has 5 nitrogen and oxygen atoms in total. The molecule has 0 saturated heterocycles. The van der Waals surface area contributed by atoms with Gasteiger partial charge in [0, 0.05) is 31.5 Å². The van der Waals surface area contributed by atoms with E-state index < -0.39 is 10.0 Å². The zero-order valence-corrected chi connectivity index (χ0v) is 14.0. The lowest BCUT2D eigenvalue weighted by Crippen LogP contribution is -2.34. The summed E-state index contributed by atoms with van der Waals surface area (Å²) in [7, 11) is 0.315. The van der Waals surface area contributed by atoms with E-state index in [4.69, 9.17) is 0 Å². The van der Waals surface area contributed by atoms with Gasteiger partial charge in [-0.05, 0) is 38.3 Å². The quantitative estimate of drug-likeness (QED) is 0.817. The predicted molar refractivity (Wildman–Crippen MR) is 84.5 cm³/mol. The van der Waals surface area contributed by atoms with Gasteiger partial charge in [-0.2, -0.15) is 0 Å². The van der Waals surface area contributed by atoms with Crippen molar-refractivity contribution in [1.29, 1.82) is 0 Å². The van der Waals surface area contributed by atoms with Crippen LogP contribution in [0.3, 0.4) is 0 Å². The van der Waals surface area contributed by atoms with Crippen molar-refractivity contribution in [2.75, 3.05) is 7.05 Å². The Hall–Kier alpha value is -0.850. The molecule has 2 unspecified atom stereocenters. The van der Waals surface area contributed by atoms with E-state index in [1.54, 1.807) is 12.3 Å². The standard InChI is InChI=1S/C15H27N3O2S/c1-12-5-4-6-13(8-7-12)17-21(19,20)15-9-14(10-16-2)18(3)11-15/h9,11-13,16-17H,4-8,10H2,1-3H3. The van der Waals surface area contributed by atoms with Crippen molar-refractivity contribution >= 4 is 10.0 Å². The second-order valence-corrected chi connectivity index (χ2v) is 7.95. The third-order valence-corrected chi connectivity index (χ3v) is 5.82. The molecule has 0 bridgehead atoms. The van der Waals surface area contributed by atoms with Crippen molar-refractivity contribution in [2.45, 2.75) is 56.5 Å². The number of hydrogen-bond donors (Lipinski definition) is 2. The van der Waals surface area contributed by atoms with Crippen molar-refractivity contribution in [3.63, 3.8) is 0 Å². The first kappa shape index (κ1) is 16.5. The van der Waals surface area contributed by atoms with Gasteiger partial charge in [0.15, 0.2) is 0 Å². The van der Waals surface area contributed by atoms with Crippen LogP contribution in [0, 0.1) is 5.92 Å². The molecule has 0 spiro atoms. The zero-order chi connectivity index (χ0) is 15.5. The topological polar surface area (TPSA) is 63.1 Å². The maximum atomic E-state index is 12.5. The molecule has 0 radical (unpaired) electrons. The summed E-state index contributed by atoms with van der Waals surface area (Å²) >= 11 is 0. The van der Waals surface area contributed by atoms with Crippen LogP contribution in [0.15, 0.2) is 17.2 Å². The number of nitrogens with zero attached hydrogens (tertiary/aromatic N) is 1. The highest BCUT2D eigenvalue weighted by Crippen LogP contribution is 2.24. The average molecular weight is 313 g/mol. The van der Waals surface area contributed by atoms with E-state index in [1.807, 2.05) is 18.7 Å². The summed E-state index contributed by atoms with van der Waals surface area (Å²) in [6.07, 6.45) is 6.99. The van der Waals surface area contributed by atoms with Crippen molar-refractivity contribution in [3.8, 4) is 0 Å². The summed E-state index contributed by atoms with van der Waals surface area (Å²) in [5, 5.41) is 3.05. The Morgan fingerprint density at radius 1 is 1.29 bits per heavy atom. The fraction of sp³-hybridized carbons (Fsp3) is 0.733. The normalized spacial score (nSPS) is 24.0. The predicted octanol–water partition coefficient (Wildman–Crippen LogP) is 1.99. The number of rotatable bonds is 5. The average Bonchev–Trinajstić information content (AvgIpc) is 2.66. The van der Waals surface area contributed by atoms with Crippen LogP contribution in [0.2, 0.25) is 0 Å². The minimum absolute atomic E-state index is 0.0768. The maximum Gasteiger partial charge on any atom is 0.242 e. The monoisotopic (exact) mass is 313 g/mol. The van der Waals surface area contributed by atoms with Crippen molar-refractivity contribution in [3.05, 3.63) is 18.0 Å². The number of nitrogens with one attached hydrogen (secondary N) is 2. The smallest absolute Gasteiger partial charge is 0.242 e. The molecule has 2 rings (SSSR count). The van der Waals surface area contributed by atoms with Gasteiger partial charge in [-0.3, -0.25) is 0 Å². The summed E-state index contributed by atoms with van der Waals surface area (Å²) in [6, 6.07) is 1.82. The molecule has 0 aliphatic heterocycles. The third-order valence-electron chi connectivity index (χ3n) is 4.33. The summed E-state index contributed by atoms with van der Waals surface area (Å²) in [5.74, 6) is 0.707. The van der Waals surface area contributed by atoms with Crippen LogP contribution in [0.1, 0.15) is 44.7 Å². The highest BCUT2D eigenvalue weighted by molar-refractivity contribution is 7.89. The van der Waals surface area contributed by atoms with Gasteiger partial charge < -0.3 is 9.88 Å². The second kappa shape index (κ2) is 6.94. The molecule has 2 atom stereocenters. The van der Waals surface area contributed by atoms with E-state index in [0.717, 1.165) is 31.4 Å². The molecule has 120 valence electrons. The van der Waals surface area contributed by atoms with E-state index >= 15 is 0 Å². The molecule has 6 heteroatoms. The van der Waals surface area contributed by atoms with E-state index in [-0.39, 0.29) is 6.04 Å². The van der Waals surface area contributed by atoms with E-state index in [9.17, 15) is 8.42 Å². The zero-order valence-electron chi connectivity index (χ0n) is 13.2. The highest BCUT2D eigenvalue weighted by Gasteiger charge is 2.24. The largest absolute Gasteiger partial charge is 0.352 e. The Morgan fingerprint density at radius 3 is 2.76 bits per heavy atom. The van der Waals surface area contributed by atoms with Crippen LogP contribution in [0.4, 0.5) is 0 Å². The fourth-order valence-electron chi connectivity index (χ4n) is 2.97. The Morgan fingerprint density at radius 2 is 2.05 bits per heavy atom. The lowest BCUT2D eigenvalue weighted by molar-refractivity contribution is 0.484. The van der Waals surface area contributed by atoms with Crippen LogP contribution in [0.5, 0.6) is 0 Å².